The molecule has 1 aliphatic rings. The van der Waals surface area contributed by atoms with Gasteiger partial charge in [0, 0.05) is 11.9 Å². The minimum absolute atomic E-state index is 0.0385. The van der Waals surface area contributed by atoms with E-state index in [9.17, 15) is 10.1 Å². The van der Waals surface area contributed by atoms with E-state index in [4.69, 9.17) is 4.74 Å². The Hall–Kier alpha value is -3.69. The van der Waals surface area contributed by atoms with Crippen molar-refractivity contribution in [1.82, 2.24) is 15.2 Å². The summed E-state index contributed by atoms with van der Waals surface area (Å²) in [6.45, 7) is 6.03. The van der Waals surface area contributed by atoms with Gasteiger partial charge in [0.25, 0.3) is 5.91 Å². The molecule has 186 valence electrons. The number of carbonyl (C=O) groups excluding carboxylic acids is 1. The van der Waals surface area contributed by atoms with Gasteiger partial charge in [-0.15, -0.1) is 0 Å². The Morgan fingerprint density at radius 2 is 1.89 bits per heavy atom. The molecule has 36 heavy (non-hydrogen) atoms. The molecule has 1 unspecified atom stereocenters. The fourth-order valence-corrected chi connectivity index (χ4v) is 4.58. The van der Waals surface area contributed by atoms with Crippen molar-refractivity contribution in [2.24, 2.45) is 0 Å². The zero-order valence-corrected chi connectivity index (χ0v) is 21.0. The molecule has 1 saturated heterocycles. The summed E-state index contributed by atoms with van der Waals surface area (Å²) in [6, 6.07) is 21.3. The molecule has 1 N–H and O–H groups in total. The minimum Gasteiger partial charge on any atom is -0.492 e. The average molecular weight is 483 g/mol. The van der Waals surface area contributed by atoms with Gasteiger partial charge in [0.2, 0.25) is 0 Å². The van der Waals surface area contributed by atoms with E-state index in [2.05, 4.69) is 22.1 Å². The summed E-state index contributed by atoms with van der Waals surface area (Å²) in [7, 11) is 0. The lowest BCUT2D eigenvalue weighted by Gasteiger charge is -2.26. The summed E-state index contributed by atoms with van der Waals surface area (Å²) in [4.78, 5) is 20.0. The van der Waals surface area contributed by atoms with Gasteiger partial charge in [0.05, 0.1) is 17.3 Å². The highest BCUT2D eigenvalue weighted by molar-refractivity contribution is 6.01. The molecule has 3 aromatic rings. The van der Waals surface area contributed by atoms with E-state index >= 15 is 0 Å². The van der Waals surface area contributed by atoms with Crippen molar-refractivity contribution < 1.29 is 9.53 Å². The maximum Gasteiger partial charge on any atom is 0.262 e. The van der Waals surface area contributed by atoms with Crippen LogP contribution in [0.2, 0.25) is 0 Å². The SMILES string of the molecule is CCCC(NC(=O)C(C#N)=Cc1ccc2ccccc2n1)c1ccc(OCCN2CCCCC2)cc1. The van der Waals surface area contributed by atoms with Crippen molar-refractivity contribution in [2.45, 2.75) is 45.1 Å². The largest absolute Gasteiger partial charge is 0.492 e. The fraction of sp³-hybridized carbons (Fsp3) is 0.367. The first-order valence-corrected chi connectivity index (χ1v) is 12.9. The Morgan fingerprint density at radius 1 is 1.11 bits per heavy atom. The number of nitrogens with one attached hydrogen (secondary N) is 1. The van der Waals surface area contributed by atoms with Crippen molar-refractivity contribution in [3.63, 3.8) is 0 Å². The van der Waals surface area contributed by atoms with Crippen LogP contribution in [0, 0.1) is 11.3 Å². The van der Waals surface area contributed by atoms with Crippen LogP contribution < -0.4 is 10.1 Å². The molecule has 1 atom stereocenters. The quantitative estimate of drug-likeness (QED) is 0.298. The first kappa shape index (κ1) is 25.4. The van der Waals surface area contributed by atoms with E-state index in [1.807, 2.05) is 66.7 Å². The number of hydrogen-bond donors (Lipinski definition) is 1. The number of amides is 1. The van der Waals surface area contributed by atoms with E-state index in [1.54, 1.807) is 6.08 Å². The van der Waals surface area contributed by atoms with Crippen molar-refractivity contribution in [2.75, 3.05) is 26.2 Å². The maximum atomic E-state index is 13.0. The van der Waals surface area contributed by atoms with Gasteiger partial charge in [-0.1, -0.05) is 56.2 Å². The summed E-state index contributed by atoms with van der Waals surface area (Å²) in [5.41, 5.74) is 2.44. The van der Waals surface area contributed by atoms with Crippen LogP contribution in [-0.2, 0) is 4.79 Å². The smallest absolute Gasteiger partial charge is 0.262 e. The topological polar surface area (TPSA) is 78.2 Å². The summed E-state index contributed by atoms with van der Waals surface area (Å²) < 4.78 is 5.95. The third-order valence-corrected chi connectivity index (χ3v) is 6.57. The highest BCUT2D eigenvalue weighted by Crippen LogP contribution is 2.23. The Morgan fingerprint density at radius 3 is 2.64 bits per heavy atom. The molecule has 1 fully saturated rings. The second kappa shape index (κ2) is 12.9. The molecular formula is C30H34N4O2. The number of nitrogens with zero attached hydrogens (tertiary/aromatic N) is 3. The molecule has 6 nitrogen and oxygen atoms in total. The standard InChI is InChI=1S/C30H34N4O2/c1-2-8-28(24-12-15-27(16-13-24)36-20-19-34-17-6-3-7-18-34)33-30(35)25(22-31)21-26-14-11-23-9-4-5-10-29(23)32-26/h4-5,9-16,21,28H,2-3,6-8,17-20H2,1H3,(H,33,35). The van der Waals surface area contributed by atoms with E-state index in [-0.39, 0.29) is 11.6 Å². The first-order chi connectivity index (χ1) is 17.7. The molecular weight excluding hydrogens is 448 g/mol. The number of aromatic nitrogens is 1. The number of rotatable bonds is 10. The molecule has 0 bridgehead atoms. The van der Waals surface area contributed by atoms with Crippen molar-refractivity contribution in [1.29, 1.82) is 5.26 Å². The summed E-state index contributed by atoms with van der Waals surface area (Å²) in [6.07, 6.45) is 7.11. The predicted molar refractivity (Wildman–Crippen MR) is 143 cm³/mol. The number of piperidine rings is 1. The van der Waals surface area contributed by atoms with Gasteiger partial charge in [-0.05, 0) is 68.3 Å². The lowest BCUT2D eigenvalue weighted by atomic mass is 10.0. The second-order valence-corrected chi connectivity index (χ2v) is 9.23. The number of para-hydroxylation sites is 1. The zero-order valence-electron chi connectivity index (χ0n) is 21.0. The molecule has 1 amide bonds. The van der Waals surface area contributed by atoms with Crippen LogP contribution in [0.25, 0.3) is 17.0 Å². The number of pyridine rings is 1. The second-order valence-electron chi connectivity index (χ2n) is 9.23. The summed E-state index contributed by atoms with van der Waals surface area (Å²) in [5, 5.41) is 13.7. The molecule has 0 saturated carbocycles. The van der Waals surface area contributed by atoms with Crippen LogP contribution in [0.1, 0.15) is 56.3 Å². The Kier molecular flexibility index (Phi) is 9.07. The Balaban J connectivity index is 1.39. The predicted octanol–water partition coefficient (Wildman–Crippen LogP) is 5.66. The lowest BCUT2D eigenvalue weighted by Crippen LogP contribution is -2.33. The summed E-state index contributed by atoms with van der Waals surface area (Å²) in [5.74, 6) is 0.435. The number of carbonyl (C=O) groups is 1. The van der Waals surface area contributed by atoms with Gasteiger partial charge in [-0.25, -0.2) is 4.98 Å². The number of ether oxygens (including phenoxy) is 1. The van der Waals surface area contributed by atoms with Gasteiger partial charge in [0.1, 0.15) is 24.0 Å². The van der Waals surface area contributed by atoms with Gasteiger partial charge >= 0.3 is 0 Å². The molecule has 0 spiro atoms. The molecule has 2 aromatic carbocycles. The van der Waals surface area contributed by atoms with Crippen LogP contribution in [0.15, 0.2) is 66.2 Å². The van der Waals surface area contributed by atoms with Gasteiger partial charge in [-0.2, -0.15) is 5.26 Å². The van der Waals surface area contributed by atoms with E-state index in [0.29, 0.717) is 12.3 Å². The third-order valence-electron chi connectivity index (χ3n) is 6.57. The molecule has 1 aromatic heterocycles. The monoisotopic (exact) mass is 482 g/mol. The van der Waals surface area contributed by atoms with Crippen LogP contribution >= 0.6 is 0 Å². The minimum atomic E-state index is -0.396. The number of hydrogen-bond acceptors (Lipinski definition) is 5. The number of benzene rings is 2. The number of likely N-dealkylation sites (tertiary alicyclic amines) is 1. The van der Waals surface area contributed by atoms with Crippen LogP contribution in [-0.4, -0.2) is 42.0 Å². The highest BCUT2D eigenvalue weighted by atomic mass is 16.5. The molecule has 6 heteroatoms. The molecule has 2 heterocycles. The summed E-state index contributed by atoms with van der Waals surface area (Å²) >= 11 is 0. The van der Waals surface area contributed by atoms with E-state index < -0.39 is 5.91 Å². The number of fused-ring (bicyclic) bond motifs is 1. The van der Waals surface area contributed by atoms with Crippen LogP contribution in [0.5, 0.6) is 5.75 Å². The van der Waals surface area contributed by atoms with Crippen LogP contribution in [0.4, 0.5) is 0 Å². The van der Waals surface area contributed by atoms with Gasteiger partial charge in [-0.3, -0.25) is 9.69 Å². The maximum absolute atomic E-state index is 13.0. The fourth-order valence-electron chi connectivity index (χ4n) is 4.58. The molecule has 0 aliphatic carbocycles. The lowest BCUT2D eigenvalue weighted by molar-refractivity contribution is -0.117. The Bertz CT molecular complexity index is 1220. The van der Waals surface area contributed by atoms with Crippen molar-refractivity contribution in [3.05, 3.63) is 77.5 Å². The van der Waals surface area contributed by atoms with E-state index in [1.165, 1.54) is 19.3 Å². The van der Waals surface area contributed by atoms with Crippen molar-refractivity contribution in [3.8, 4) is 11.8 Å². The first-order valence-electron chi connectivity index (χ1n) is 12.9. The van der Waals surface area contributed by atoms with Gasteiger partial charge in [0.15, 0.2) is 0 Å². The van der Waals surface area contributed by atoms with E-state index in [0.717, 1.165) is 54.7 Å². The highest BCUT2D eigenvalue weighted by Gasteiger charge is 2.17. The van der Waals surface area contributed by atoms with Gasteiger partial charge < -0.3 is 10.1 Å². The Labute approximate surface area is 213 Å². The normalized spacial score (nSPS) is 15.3. The van der Waals surface area contributed by atoms with Crippen molar-refractivity contribution >= 4 is 22.9 Å². The van der Waals surface area contributed by atoms with Crippen LogP contribution in [0.3, 0.4) is 0 Å². The molecule has 0 radical (unpaired) electrons. The zero-order chi connectivity index (χ0) is 25.2. The average Bonchev–Trinajstić information content (AvgIpc) is 2.92. The number of nitriles is 1. The molecule has 4 rings (SSSR count). The third kappa shape index (κ3) is 6.93. The molecule has 1 aliphatic heterocycles.